The minimum Gasteiger partial charge on any atom is -0.303 e. The van der Waals surface area contributed by atoms with Crippen LogP contribution in [0.15, 0.2) is 0 Å². The Hall–Kier alpha value is -0.120. The molecule has 1 unspecified atom stereocenters. The molecule has 0 radical (unpaired) electrons. The molecule has 3 nitrogen and oxygen atoms in total. The van der Waals surface area contributed by atoms with E-state index < -0.39 is 0 Å². The van der Waals surface area contributed by atoms with Gasteiger partial charge < -0.3 is 9.80 Å². The molecule has 3 heteroatoms. The van der Waals surface area contributed by atoms with Crippen LogP contribution in [0.3, 0.4) is 0 Å². The van der Waals surface area contributed by atoms with Crippen molar-refractivity contribution in [1.82, 2.24) is 14.7 Å². The van der Waals surface area contributed by atoms with E-state index >= 15 is 0 Å². The van der Waals surface area contributed by atoms with Crippen LogP contribution in [-0.4, -0.2) is 73.1 Å². The van der Waals surface area contributed by atoms with Crippen molar-refractivity contribution in [2.45, 2.75) is 54.5 Å². The van der Waals surface area contributed by atoms with Crippen LogP contribution in [0, 0.1) is 5.92 Å². The maximum atomic E-state index is 2.62. The number of hydrogen-bond donors (Lipinski definition) is 0. The first-order valence-corrected chi connectivity index (χ1v) is 8.68. The van der Waals surface area contributed by atoms with Gasteiger partial charge in [-0.25, -0.2) is 0 Å². The Kier molecular flexibility index (Phi) is 11.5. The fourth-order valence-corrected chi connectivity index (χ4v) is 2.59. The van der Waals surface area contributed by atoms with Gasteiger partial charge in [0.15, 0.2) is 0 Å². The normalized spacial score (nSPS) is 13.9. The van der Waals surface area contributed by atoms with Crippen molar-refractivity contribution in [1.29, 1.82) is 0 Å². The molecule has 0 aliphatic rings. The average molecular weight is 286 g/mol. The zero-order valence-corrected chi connectivity index (χ0v) is 15.2. The van der Waals surface area contributed by atoms with Crippen LogP contribution >= 0.6 is 0 Å². The molecule has 0 amide bonds. The Morgan fingerprint density at radius 2 is 1.05 bits per heavy atom. The van der Waals surface area contributed by atoms with Crippen molar-refractivity contribution in [3.8, 4) is 0 Å². The molecule has 0 aliphatic carbocycles. The van der Waals surface area contributed by atoms with E-state index in [0.29, 0.717) is 6.04 Å². The van der Waals surface area contributed by atoms with E-state index in [1.807, 2.05) is 0 Å². The quantitative estimate of drug-likeness (QED) is 0.546. The maximum Gasteiger partial charge on any atom is 0.0112 e. The first-order valence-electron chi connectivity index (χ1n) is 8.68. The van der Waals surface area contributed by atoms with Crippen molar-refractivity contribution in [3.63, 3.8) is 0 Å². The highest BCUT2D eigenvalue weighted by atomic mass is 15.2. The third-order valence-electron chi connectivity index (χ3n) is 4.72. The van der Waals surface area contributed by atoms with Gasteiger partial charge in [-0.05, 0) is 39.0 Å². The standard InChI is InChI=1S/C17H39N3/c1-8-18(9-2)12-13-19(10-3)14-15-20(11-4)17(7)16(5)6/h16-17H,8-15H2,1-7H3. The molecule has 0 saturated carbocycles. The second kappa shape index (κ2) is 11.5. The number of nitrogens with zero attached hydrogens (tertiary/aromatic N) is 3. The highest BCUT2D eigenvalue weighted by molar-refractivity contribution is 4.71. The fraction of sp³-hybridized carbons (Fsp3) is 1.00. The summed E-state index contributed by atoms with van der Waals surface area (Å²) >= 11 is 0. The van der Waals surface area contributed by atoms with E-state index in [1.54, 1.807) is 0 Å². The van der Waals surface area contributed by atoms with Crippen LogP contribution in [0.1, 0.15) is 48.5 Å². The molecule has 1 atom stereocenters. The van der Waals surface area contributed by atoms with Crippen LogP contribution in [0.5, 0.6) is 0 Å². The minimum absolute atomic E-state index is 0.682. The maximum absolute atomic E-state index is 2.62. The van der Waals surface area contributed by atoms with Gasteiger partial charge in [-0.1, -0.05) is 41.5 Å². The largest absolute Gasteiger partial charge is 0.303 e. The monoisotopic (exact) mass is 285 g/mol. The second-order valence-electron chi connectivity index (χ2n) is 6.07. The Morgan fingerprint density at radius 1 is 0.600 bits per heavy atom. The molecular formula is C17H39N3. The first kappa shape index (κ1) is 19.9. The van der Waals surface area contributed by atoms with Gasteiger partial charge in [0.1, 0.15) is 0 Å². The third-order valence-corrected chi connectivity index (χ3v) is 4.72. The van der Waals surface area contributed by atoms with Crippen molar-refractivity contribution < 1.29 is 0 Å². The predicted octanol–water partition coefficient (Wildman–Crippen LogP) is 3.02. The minimum atomic E-state index is 0.682. The van der Waals surface area contributed by atoms with Crippen molar-refractivity contribution in [3.05, 3.63) is 0 Å². The molecule has 0 aliphatic heterocycles. The summed E-state index contributed by atoms with van der Waals surface area (Å²) in [4.78, 5) is 7.72. The summed E-state index contributed by atoms with van der Waals surface area (Å²) in [5, 5.41) is 0. The number of rotatable bonds is 12. The third kappa shape index (κ3) is 7.61. The molecule has 0 aromatic carbocycles. The van der Waals surface area contributed by atoms with E-state index in [0.717, 1.165) is 19.0 Å². The van der Waals surface area contributed by atoms with Crippen LogP contribution in [0.25, 0.3) is 0 Å². The highest BCUT2D eigenvalue weighted by Crippen LogP contribution is 2.09. The Balaban J connectivity index is 4.15. The van der Waals surface area contributed by atoms with Crippen LogP contribution in [0.2, 0.25) is 0 Å². The lowest BCUT2D eigenvalue weighted by Crippen LogP contribution is -2.43. The second-order valence-corrected chi connectivity index (χ2v) is 6.07. The van der Waals surface area contributed by atoms with E-state index in [2.05, 4.69) is 63.2 Å². The van der Waals surface area contributed by atoms with Crippen LogP contribution < -0.4 is 0 Å². The van der Waals surface area contributed by atoms with Gasteiger partial charge in [0.05, 0.1) is 0 Å². The zero-order valence-electron chi connectivity index (χ0n) is 15.2. The van der Waals surface area contributed by atoms with Gasteiger partial charge in [0.2, 0.25) is 0 Å². The molecule has 0 N–H and O–H groups in total. The number of hydrogen-bond acceptors (Lipinski definition) is 3. The SMILES string of the molecule is CCN(CC)CCN(CC)CCN(CC)C(C)C(C)C. The molecule has 0 spiro atoms. The molecule has 20 heavy (non-hydrogen) atoms. The van der Waals surface area contributed by atoms with Gasteiger partial charge in [-0.3, -0.25) is 4.90 Å². The van der Waals surface area contributed by atoms with Gasteiger partial charge in [-0.15, -0.1) is 0 Å². The Labute approximate surface area is 128 Å². The summed E-state index contributed by atoms with van der Waals surface area (Å²) in [6, 6.07) is 0.682. The lowest BCUT2D eigenvalue weighted by Gasteiger charge is -2.33. The van der Waals surface area contributed by atoms with Gasteiger partial charge in [0.25, 0.3) is 0 Å². The summed E-state index contributed by atoms with van der Waals surface area (Å²) < 4.78 is 0. The van der Waals surface area contributed by atoms with Crippen LogP contribution in [-0.2, 0) is 0 Å². The lowest BCUT2D eigenvalue weighted by atomic mass is 10.0. The molecule has 122 valence electrons. The summed E-state index contributed by atoms with van der Waals surface area (Å²) in [7, 11) is 0. The summed E-state index contributed by atoms with van der Waals surface area (Å²) in [6.45, 7) is 25.5. The van der Waals surface area contributed by atoms with Gasteiger partial charge >= 0.3 is 0 Å². The average Bonchev–Trinajstić information content (AvgIpc) is 2.45. The lowest BCUT2D eigenvalue weighted by molar-refractivity contribution is 0.142. The summed E-state index contributed by atoms with van der Waals surface area (Å²) in [5.74, 6) is 0.737. The van der Waals surface area contributed by atoms with Gasteiger partial charge in [0, 0.05) is 32.2 Å². The molecule has 0 rings (SSSR count). The molecule has 0 aromatic rings. The Bertz CT molecular complexity index is 214. The number of likely N-dealkylation sites (N-methyl/N-ethyl adjacent to an activating group) is 3. The molecule has 0 aromatic heterocycles. The summed E-state index contributed by atoms with van der Waals surface area (Å²) in [6.07, 6.45) is 0. The molecule has 0 fully saturated rings. The van der Waals surface area contributed by atoms with E-state index in [1.165, 1.54) is 39.3 Å². The van der Waals surface area contributed by atoms with Crippen molar-refractivity contribution in [2.75, 3.05) is 52.4 Å². The van der Waals surface area contributed by atoms with E-state index in [4.69, 9.17) is 0 Å². The predicted molar refractivity (Wildman–Crippen MR) is 91.4 cm³/mol. The molecule has 0 heterocycles. The molecule has 0 saturated heterocycles. The Morgan fingerprint density at radius 3 is 1.45 bits per heavy atom. The zero-order chi connectivity index (χ0) is 15.5. The highest BCUT2D eigenvalue weighted by Gasteiger charge is 2.16. The molecule has 0 bridgehead atoms. The van der Waals surface area contributed by atoms with Crippen molar-refractivity contribution >= 4 is 0 Å². The fourth-order valence-electron chi connectivity index (χ4n) is 2.59. The molecular weight excluding hydrogens is 246 g/mol. The van der Waals surface area contributed by atoms with E-state index in [9.17, 15) is 0 Å². The topological polar surface area (TPSA) is 9.72 Å². The van der Waals surface area contributed by atoms with E-state index in [-0.39, 0.29) is 0 Å². The summed E-state index contributed by atoms with van der Waals surface area (Å²) in [5.41, 5.74) is 0. The van der Waals surface area contributed by atoms with Crippen LogP contribution in [0.4, 0.5) is 0 Å². The first-order chi connectivity index (χ1) is 9.49. The smallest absolute Gasteiger partial charge is 0.0112 e. The van der Waals surface area contributed by atoms with Crippen molar-refractivity contribution in [2.24, 2.45) is 5.92 Å². The van der Waals surface area contributed by atoms with Gasteiger partial charge in [-0.2, -0.15) is 0 Å².